The summed E-state index contributed by atoms with van der Waals surface area (Å²) in [6.07, 6.45) is 3.30. The van der Waals surface area contributed by atoms with Crippen molar-refractivity contribution in [2.45, 2.75) is 39.3 Å². The monoisotopic (exact) mass is 333 g/mol. The van der Waals surface area contributed by atoms with Crippen LogP contribution in [0, 0.1) is 0 Å². The number of ether oxygens (including phenoxy) is 1. The number of nitrogens with one attached hydrogen (secondary N) is 1. The molecule has 5 heteroatoms. The molecule has 0 amide bonds. The highest BCUT2D eigenvalue weighted by Gasteiger charge is 2.25. The maximum atomic E-state index is 9.20. The summed E-state index contributed by atoms with van der Waals surface area (Å²) in [7, 11) is 2.13. The van der Waals surface area contributed by atoms with Crippen LogP contribution >= 0.6 is 0 Å². The van der Waals surface area contributed by atoms with Crippen molar-refractivity contribution in [2.24, 2.45) is 0 Å². The van der Waals surface area contributed by atoms with Crippen molar-refractivity contribution in [2.75, 3.05) is 48.5 Å². The SMILES string of the molecule is C=C(CCCC1Nc2cc(N(CC)CCO)ccc2N1C)OCC. The number of likely N-dealkylation sites (N-methyl/N-ethyl adjacent to an activating group) is 1. The number of nitrogens with zero attached hydrogens (tertiary/aromatic N) is 2. The molecule has 1 aliphatic rings. The molecule has 134 valence electrons. The van der Waals surface area contributed by atoms with E-state index in [0.29, 0.717) is 19.3 Å². The number of aliphatic hydroxyl groups excluding tert-OH is 1. The second-order valence-electron chi connectivity index (χ2n) is 6.14. The van der Waals surface area contributed by atoms with Gasteiger partial charge in [0, 0.05) is 32.2 Å². The largest absolute Gasteiger partial charge is 0.499 e. The highest BCUT2D eigenvalue weighted by molar-refractivity contribution is 5.79. The summed E-state index contributed by atoms with van der Waals surface area (Å²) in [6.45, 7) is 10.4. The molecule has 24 heavy (non-hydrogen) atoms. The Morgan fingerprint density at radius 2 is 2.21 bits per heavy atom. The van der Waals surface area contributed by atoms with Crippen LogP contribution in [-0.2, 0) is 4.74 Å². The van der Waals surface area contributed by atoms with E-state index in [1.807, 2.05) is 6.92 Å². The highest BCUT2D eigenvalue weighted by atomic mass is 16.5. The van der Waals surface area contributed by atoms with Crippen LogP contribution in [0.5, 0.6) is 0 Å². The molecule has 0 saturated heterocycles. The summed E-state index contributed by atoms with van der Waals surface area (Å²) in [4.78, 5) is 4.48. The van der Waals surface area contributed by atoms with Crippen LogP contribution in [0.1, 0.15) is 33.1 Å². The fraction of sp³-hybridized carbons (Fsp3) is 0.579. The van der Waals surface area contributed by atoms with E-state index in [9.17, 15) is 5.11 Å². The molecule has 1 aliphatic heterocycles. The number of rotatable bonds is 10. The number of hydrogen-bond donors (Lipinski definition) is 2. The van der Waals surface area contributed by atoms with E-state index >= 15 is 0 Å². The zero-order valence-electron chi connectivity index (χ0n) is 15.2. The second kappa shape index (κ2) is 8.83. The molecule has 2 N–H and O–H groups in total. The Hall–Kier alpha value is -1.88. The Morgan fingerprint density at radius 3 is 2.88 bits per heavy atom. The molecule has 0 fully saturated rings. The standard InChI is InChI=1S/C19H31N3O2/c1-5-22(12-13-23)16-10-11-18-17(14-16)20-19(21(18)4)9-7-8-15(3)24-6-2/h10-11,14,19-20,23H,3,5-9,12-13H2,1-2,4H3. The molecule has 0 radical (unpaired) electrons. The smallest absolute Gasteiger partial charge is 0.0988 e. The Balaban J connectivity index is 1.96. The maximum absolute atomic E-state index is 9.20. The van der Waals surface area contributed by atoms with Gasteiger partial charge in [-0.2, -0.15) is 0 Å². The van der Waals surface area contributed by atoms with E-state index in [2.05, 4.69) is 53.9 Å². The van der Waals surface area contributed by atoms with Crippen LogP contribution in [0.15, 0.2) is 30.5 Å². The minimum atomic E-state index is 0.171. The molecule has 1 aromatic rings. The lowest BCUT2D eigenvalue weighted by Gasteiger charge is -2.23. The average Bonchev–Trinajstić information content (AvgIpc) is 2.88. The van der Waals surface area contributed by atoms with E-state index < -0.39 is 0 Å². The van der Waals surface area contributed by atoms with E-state index in [1.54, 1.807) is 0 Å². The van der Waals surface area contributed by atoms with Crippen LogP contribution in [0.4, 0.5) is 17.1 Å². The van der Waals surface area contributed by atoms with Gasteiger partial charge in [-0.3, -0.25) is 0 Å². The zero-order valence-corrected chi connectivity index (χ0v) is 15.2. The zero-order chi connectivity index (χ0) is 17.5. The number of hydrogen-bond acceptors (Lipinski definition) is 5. The third-order valence-electron chi connectivity index (χ3n) is 4.55. The minimum absolute atomic E-state index is 0.171. The molecule has 0 spiro atoms. The molecule has 0 aromatic heterocycles. The van der Waals surface area contributed by atoms with Crippen LogP contribution < -0.4 is 15.1 Å². The lowest BCUT2D eigenvalue weighted by Crippen LogP contribution is -2.31. The number of fused-ring (bicyclic) bond motifs is 1. The molecule has 1 atom stereocenters. The third-order valence-corrected chi connectivity index (χ3v) is 4.55. The predicted octanol–water partition coefficient (Wildman–Crippen LogP) is 3.41. The summed E-state index contributed by atoms with van der Waals surface area (Å²) in [5.41, 5.74) is 3.55. The van der Waals surface area contributed by atoms with E-state index in [1.165, 1.54) is 11.4 Å². The van der Waals surface area contributed by atoms with Gasteiger partial charge in [0.2, 0.25) is 0 Å². The highest BCUT2D eigenvalue weighted by Crippen LogP contribution is 2.37. The van der Waals surface area contributed by atoms with E-state index in [-0.39, 0.29) is 6.61 Å². The first-order chi connectivity index (χ1) is 11.6. The van der Waals surface area contributed by atoms with Gasteiger partial charge in [-0.1, -0.05) is 6.58 Å². The van der Waals surface area contributed by atoms with E-state index in [0.717, 1.165) is 37.3 Å². The number of anilines is 3. The van der Waals surface area contributed by atoms with Gasteiger partial charge in [-0.25, -0.2) is 0 Å². The molecule has 5 nitrogen and oxygen atoms in total. The summed E-state index contributed by atoms with van der Waals surface area (Å²) in [6, 6.07) is 6.48. The number of aliphatic hydroxyl groups is 1. The molecular weight excluding hydrogens is 302 g/mol. The topological polar surface area (TPSA) is 48.0 Å². The van der Waals surface area contributed by atoms with Crippen molar-refractivity contribution < 1.29 is 9.84 Å². The van der Waals surface area contributed by atoms with Crippen molar-refractivity contribution in [3.63, 3.8) is 0 Å². The van der Waals surface area contributed by atoms with Crippen molar-refractivity contribution in [1.82, 2.24) is 0 Å². The second-order valence-corrected chi connectivity index (χ2v) is 6.14. The Kier molecular flexibility index (Phi) is 6.79. The first-order valence-corrected chi connectivity index (χ1v) is 8.90. The summed E-state index contributed by atoms with van der Waals surface area (Å²) < 4.78 is 5.42. The fourth-order valence-corrected chi connectivity index (χ4v) is 3.21. The fourth-order valence-electron chi connectivity index (χ4n) is 3.21. The number of allylic oxidation sites excluding steroid dienone is 1. The van der Waals surface area contributed by atoms with Crippen LogP contribution in [0.3, 0.4) is 0 Å². The van der Waals surface area contributed by atoms with Gasteiger partial charge in [0.1, 0.15) is 0 Å². The van der Waals surface area contributed by atoms with Crippen molar-refractivity contribution in [3.8, 4) is 0 Å². The Morgan fingerprint density at radius 1 is 1.42 bits per heavy atom. The molecule has 1 unspecified atom stereocenters. The van der Waals surface area contributed by atoms with Gasteiger partial charge < -0.3 is 25.0 Å². The molecule has 0 aliphatic carbocycles. The van der Waals surface area contributed by atoms with Crippen molar-refractivity contribution in [3.05, 3.63) is 30.5 Å². The summed E-state index contributed by atoms with van der Waals surface area (Å²) in [5.74, 6) is 0.876. The Bertz CT molecular complexity index is 547. The van der Waals surface area contributed by atoms with Crippen molar-refractivity contribution in [1.29, 1.82) is 0 Å². The summed E-state index contributed by atoms with van der Waals surface area (Å²) in [5, 5.41) is 12.8. The van der Waals surface area contributed by atoms with Gasteiger partial charge in [-0.05, 0) is 44.9 Å². The third kappa shape index (κ3) is 4.35. The molecule has 0 saturated carbocycles. The molecule has 1 aromatic carbocycles. The van der Waals surface area contributed by atoms with Gasteiger partial charge >= 0.3 is 0 Å². The first kappa shape index (κ1) is 18.5. The lowest BCUT2D eigenvalue weighted by atomic mass is 10.2. The average molecular weight is 333 g/mol. The molecular formula is C19H31N3O2. The minimum Gasteiger partial charge on any atom is -0.499 e. The quantitative estimate of drug-likeness (QED) is 0.643. The molecule has 2 rings (SSSR count). The van der Waals surface area contributed by atoms with Crippen LogP contribution in [0.25, 0.3) is 0 Å². The van der Waals surface area contributed by atoms with Crippen molar-refractivity contribution >= 4 is 17.1 Å². The maximum Gasteiger partial charge on any atom is 0.0988 e. The van der Waals surface area contributed by atoms with Gasteiger partial charge in [0.15, 0.2) is 0 Å². The van der Waals surface area contributed by atoms with Gasteiger partial charge in [-0.15, -0.1) is 0 Å². The van der Waals surface area contributed by atoms with Gasteiger partial charge in [0.05, 0.1) is 36.5 Å². The van der Waals surface area contributed by atoms with Crippen LogP contribution in [-0.4, -0.2) is 44.6 Å². The first-order valence-electron chi connectivity index (χ1n) is 8.90. The Labute approximate surface area is 145 Å². The normalized spacial score (nSPS) is 15.8. The molecule has 0 bridgehead atoms. The summed E-state index contributed by atoms with van der Waals surface area (Å²) >= 11 is 0. The van der Waals surface area contributed by atoms with Crippen LogP contribution in [0.2, 0.25) is 0 Å². The predicted molar refractivity (Wildman–Crippen MR) is 102 cm³/mol. The number of benzene rings is 1. The van der Waals surface area contributed by atoms with E-state index in [4.69, 9.17) is 4.74 Å². The molecule has 1 heterocycles. The lowest BCUT2D eigenvalue weighted by molar-refractivity contribution is 0.218. The van der Waals surface area contributed by atoms with Gasteiger partial charge in [0.25, 0.3) is 0 Å².